The molecule has 2 heterocycles. The SMILES string of the molecule is CC(C)(C(=O)NCc1cc(F)c(C2CCC(=O)NC2=O)c(Cl)c1)c1nc2ccccc2o1. The quantitative estimate of drug-likeness (QED) is 0.568. The third kappa shape index (κ3) is 4.10. The molecule has 1 aliphatic rings. The van der Waals surface area contributed by atoms with Crippen molar-refractivity contribution in [3.05, 3.63) is 64.3 Å². The molecular weight excluding hydrogens is 437 g/mol. The molecule has 0 radical (unpaired) electrons. The van der Waals surface area contributed by atoms with Gasteiger partial charge < -0.3 is 9.73 Å². The van der Waals surface area contributed by atoms with Crippen molar-refractivity contribution in [1.29, 1.82) is 0 Å². The summed E-state index contributed by atoms with van der Waals surface area (Å²) < 4.78 is 20.6. The molecule has 1 unspecified atom stereocenters. The minimum absolute atomic E-state index is 0.0226. The third-order valence-corrected chi connectivity index (χ3v) is 5.89. The standard InChI is InChI=1S/C23H21ClFN3O4/c1-23(2,22-27-16-5-3-4-6-17(16)32-22)21(31)26-11-12-9-14(24)19(15(25)10-12)13-7-8-18(29)28-20(13)30/h3-6,9-10,13H,7-8,11H2,1-2H3,(H,26,31)(H,28,29,30). The lowest BCUT2D eigenvalue weighted by atomic mass is 9.89. The molecule has 0 saturated carbocycles. The van der Waals surface area contributed by atoms with Crippen LogP contribution in [-0.4, -0.2) is 22.7 Å². The average molecular weight is 458 g/mol. The van der Waals surface area contributed by atoms with Gasteiger partial charge in [0, 0.05) is 23.6 Å². The molecule has 1 atom stereocenters. The van der Waals surface area contributed by atoms with Gasteiger partial charge in [-0.3, -0.25) is 19.7 Å². The second-order valence-electron chi connectivity index (χ2n) is 8.27. The molecule has 3 amide bonds. The predicted octanol–water partition coefficient (Wildman–Crippen LogP) is 3.73. The van der Waals surface area contributed by atoms with Crippen LogP contribution in [0.15, 0.2) is 40.8 Å². The molecule has 3 aromatic rings. The Balaban J connectivity index is 1.49. The Kier molecular flexibility index (Phi) is 5.73. The summed E-state index contributed by atoms with van der Waals surface area (Å²) >= 11 is 6.27. The fourth-order valence-corrected chi connectivity index (χ4v) is 4.04. The summed E-state index contributed by atoms with van der Waals surface area (Å²) in [6, 6.07) is 9.97. The topological polar surface area (TPSA) is 101 Å². The van der Waals surface area contributed by atoms with Crippen molar-refractivity contribution in [2.24, 2.45) is 0 Å². The summed E-state index contributed by atoms with van der Waals surface area (Å²) in [5, 5.41) is 5.04. The molecule has 9 heteroatoms. The smallest absolute Gasteiger partial charge is 0.235 e. The summed E-state index contributed by atoms with van der Waals surface area (Å²) in [7, 11) is 0. The zero-order valence-electron chi connectivity index (χ0n) is 17.5. The summed E-state index contributed by atoms with van der Waals surface area (Å²) in [4.78, 5) is 40.7. The Morgan fingerprint density at radius 2 is 2.06 bits per heavy atom. The highest BCUT2D eigenvalue weighted by Crippen LogP contribution is 2.34. The van der Waals surface area contributed by atoms with E-state index in [1.807, 2.05) is 12.1 Å². The number of halogens is 2. The summed E-state index contributed by atoms with van der Waals surface area (Å²) in [5.74, 6) is -2.52. The van der Waals surface area contributed by atoms with E-state index in [0.29, 0.717) is 16.7 Å². The van der Waals surface area contributed by atoms with E-state index >= 15 is 0 Å². The lowest BCUT2D eigenvalue weighted by molar-refractivity contribution is -0.134. The van der Waals surface area contributed by atoms with Gasteiger partial charge in [-0.15, -0.1) is 0 Å². The van der Waals surface area contributed by atoms with Gasteiger partial charge in [0.25, 0.3) is 0 Å². The normalized spacial score (nSPS) is 16.8. The van der Waals surface area contributed by atoms with Gasteiger partial charge in [-0.2, -0.15) is 0 Å². The first-order valence-corrected chi connectivity index (χ1v) is 10.5. The number of benzene rings is 2. The Morgan fingerprint density at radius 1 is 1.31 bits per heavy atom. The molecule has 1 aliphatic heterocycles. The summed E-state index contributed by atoms with van der Waals surface area (Å²) in [6.45, 7) is 3.40. The van der Waals surface area contributed by atoms with Gasteiger partial charge in [-0.1, -0.05) is 23.7 Å². The maximum absolute atomic E-state index is 14.8. The first-order valence-electron chi connectivity index (χ1n) is 10.1. The number of hydrogen-bond acceptors (Lipinski definition) is 5. The van der Waals surface area contributed by atoms with Crippen molar-refractivity contribution >= 4 is 40.4 Å². The van der Waals surface area contributed by atoms with E-state index in [0.717, 1.165) is 0 Å². The van der Waals surface area contributed by atoms with Crippen LogP contribution >= 0.6 is 11.6 Å². The molecule has 7 nitrogen and oxygen atoms in total. The van der Waals surface area contributed by atoms with Crippen molar-refractivity contribution in [3.63, 3.8) is 0 Å². The van der Waals surface area contributed by atoms with Crippen LogP contribution in [0, 0.1) is 5.82 Å². The fraction of sp³-hybridized carbons (Fsp3) is 0.304. The number of carbonyl (C=O) groups excluding carboxylic acids is 3. The van der Waals surface area contributed by atoms with E-state index in [1.165, 1.54) is 12.1 Å². The van der Waals surface area contributed by atoms with Gasteiger partial charge in [0.15, 0.2) is 5.58 Å². The van der Waals surface area contributed by atoms with Crippen LogP contribution in [0.4, 0.5) is 4.39 Å². The van der Waals surface area contributed by atoms with Gasteiger partial charge in [-0.25, -0.2) is 9.37 Å². The van der Waals surface area contributed by atoms with Gasteiger partial charge >= 0.3 is 0 Å². The van der Waals surface area contributed by atoms with Crippen LogP contribution in [0.1, 0.15) is 49.6 Å². The zero-order chi connectivity index (χ0) is 23.0. The monoisotopic (exact) mass is 457 g/mol. The van der Waals surface area contributed by atoms with E-state index in [2.05, 4.69) is 15.6 Å². The molecule has 0 bridgehead atoms. The lowest BCUT2D eigenvalue weighted by Gasteiger charge is -2.23. The van der Waals surface area contributed by atoms with E-state index in [-0.39, 0.29) is 47.7 Å². The Hall–Kier alpha value is -3.26. The first-order chi connectivity index (χ1) is 15.2. The molecule has 2 aromatic carbocycles. The molecule has 166 valence electrons. The maximum atomic E-state index is 14.8. The molecule has 1 aromatic heterocycles. The van der Waals surface area contributed by atoms with Crippen LogP contribution in [0.3, 0.4) is 0 Å². The highest BCUT2D eigenvalue weighted by molar-refractivity contribution is 6.31. The molecule has 4 rings (SSSR count). The lowest BCUT2D eigenvalue weighted by Crippen LogP contribution is -2.40. The third-order valence-electron chi connectivity index (χ3n) is 5.58. The number of rotatable bonds is 5. The molecule has 32 heavy (non-hydrogen) atoms. The minimum atomic E-state index is -1.06. The Bertz CT molecular complexity index is 1180. The van der Waals surface area contributed by atoms with Crippen molar-refractivity contribution in [3.8, 4) is 0 Å². The number of piperidine rings is 1. The Morgan fingerprint density at radius 3 is 2.75 bits per heavy atom. The van der Waals surface area contributed by atoms with Crippen molar-refractivity contribution < 1.29 is 23.2 Å². The molecule has 2 N–H and O–H groups in total. The van der Waals surface area contributed by atoms with E-state index in [9.17, 15) is 18.8 Å². The highest BCUT2D eigenvalue weighted by atomic mass is 35.5. The number of oxazole rings is 1. The second kappa shape index (κ2) is 8.35. The van der Waals surface area contributed by atoms with Crippen molar-refractivity contribution in [1.82, 2.24) is 15.6 Å². The van der Waals surface area contributed by atoms with Gasteiger partial charge in [0.1, 0.15) is 16.7 Å². The van der Waals surface area contributed by atoms with E-state index in [1.54, 1.807) is 26.0 Å². The summed E-state index contributed by atoms with van der Waals surface area (Å²) in [6.07, 6.45) is 0.310. The molecule has 1 fully saturated rings. The maximum Gasteiger partial charge on any atom is 0.235 e. The van der Waals surface area contributed by atoms with Crippen LogP contribution in [-0.2, 0) is 26.3 Å². The number of carbonyl (C=O) groups is 3. The second-order valence-corrected chi connectivity index (χ2v) is 8.68. The number of imide groups is 1. The molecular formula is C23H21ClFN3O4. The minimum Gasteiger partial charge on any atom is -0.440 e. The van der Waals surface area contributed by atoms with Crippen molar-refractivity contribution in [2.45, 2.75) is 44.6 Å². The summed E-state index contributed by atoms with van der Waals surface area (Å²) in [5.41, 5.74) is 0.667. The molecule has 0 spiro atoms. The largest absolute Gasteiger partial charge is 0.440 e. The highest BCUT2D eigenvalue weighted by Gasteiger charge is 2.35. The van der Waals surface area contributed by atoms with Crippen LogP contribution < -0.4 is 10.6 Å². The number of amides is 3. The first kappa shape index (κ1) is 22.0. The zero-order valence-corrected chi connectivity index (χ0v) is 18.3. The number of para-hydroxylation sites is 2. The molecule has 1 saturated heterocycles. The average Bonchev–Trinajstić information content (AvgIpc) is 3.18. The number of fused-ring (bicyclic) bond motifs is 1. The predicted molar refractivity (Wildman–Crippen MR) is 115 cm³/mol. The van der Waals surface area contributed by atoms with E-state index < -0.39 is 23.1 Å². The van der Waals surface area contributed by atoms with Crippen molar-refractivity contribution in [2.75, 3.05) is 0 Å². The van der Waals surface area contributed by atoms with E-state index in [4.69, 9.17) is 16.0 Å². The van der Waals surface area contributed by atoms with Crippen LogP contribution in [0.2, 0.25) is 5.02 Å². The molecule has 0 aliphatic carbocycles. The number of aromatic nitrogens is 1. The number of nitrogens with one attached hydrogen (secondary N) is 2. The van der Waals surface area contributed by atoms with Crippen LogP contribution in [0.25, 0.3) is 11.1 Å². The van der Waals surface area contributed by atoms with Gasteiger partial charge in [0.05, 0.1) is 5.92 Å². The fourth-order valence-electron chi connectivity index (χ4n) is 3.68. The van der Waals surface area contributed by atoms with Crippen LogP contribution in [0.5, 0.6) is 0 Å². The Labute approximate surface area is 188 Å². The van der Waals surface area contributed by atoms with Gasteiger partial charge in [0.2, 0.25) is 23.6 Å². The number of hydrogen-bond donors (Lipinski definition) is 2. The van der Waals surface area contributed by atoms with Gasteiger partial charge in [-0.05, 0) is 50.1 Å². The number of nitrogens with zero attached hydrogens (tertiary/aromatic N) is 1.